The molecule has 17 heavy (non-hydrogen) atoms. The maximum Gasteiger partial charge on any atom is 0.220 e. The third-order valence-corrected chi connectivity index (χ3v) is 3.95. The van der Waals surface area contributed by atoms with Gasteiger partial charge in [0.2, 0.25) is 5.91 Å². The molecule has 1 rings (SSSR count). The van der Waals surface area contributed by atoms with Gasteiger partial charge in [-0.15, -0.1) is 11.6 Å². The van der Waals surface area contributed by atoms with Gasteiger partial charge in [0.25, 0.3) is 0 Å². The van der Waals surface area contributed by atoms with Gasteiger partial charge in [0, 0.05) is 18.3 Å². The molecular formula is C14H26ClNO. The maximum atomic E-state index is 12.0. The zero-order valence-electron chi connectivity index (χ0n) is 11.4. The fourth-order valence-electron chi connectivity index (χ4n) is 2.56. The number of carbonyl (C=O) groups excluding carboxylic acids is 1. The second-order valence-corrected chi connectivity index (χ2v) is 6.70. The second kappa shape index (κ2) is 6.63. The fraction of sp³-hybridized carbons (Fsp3) is 0.929. The van der Waals surface area contributed by atoms with Crippen molar-refractivity contribution in [3.63, 3.8) is 0 Å². The summed E-state index contributed by atoms with van der Waals surface area (Å²) in [5.41, 5.74) is 0.0836. The van der Waals surface area contributed by atoms with Gasteiger partial charge in [0.05, 0.1) is 0 Å². The Morgan fingerprint density at radius 1 is 1.35 bits per heavy atom. The lowest BCUT2D eigenvalue weighted by molar-refractivity contribution is -0.123. The van der Waals surface area contributed by atoms with Crippen molar-refractivity contribution in [2.75, 3.05) is 5.88 Å². The Morgan fingerprint density at radius 3 is 2.41 bits per heavy atom. The molecule has 0 bridgehead atoms. The van der Waals surface area contributed by atoms with Gasteiger partial charge in [-0.05, 0) is 30.6 Å². The molecule has 1 amide bonds. The molecule has 0 aromatic rings. The van der Waals surface area contributed by atoms with Crippen LogP contribution >= 0.6 is 11.6 Å². The van der Waals surface area contributed by atoms with E-state index in [0.717, 1.165) is 6.42 Å². The van der Waals surface area contributed by atoms with Crippen molar-refractivity contribution < 1.29 is 4.79 Å². The van der Waals surface area contributed by atoms with Crippen LogP contribution in [0.15, 0.2) is 0 Å². The number of carbonyl (C=O) groups is 1. The van der Waals surface area contributed by atoms with Crippen molar-refractivity contribution in [3.05, 3.63) is 0 Å². The molecule has 1 N–H and O–H groups in total. The Balaban J connectivity index is 2.40. The van der Waals surface area contributed by atoms with Crippen LogP contribution in [0.2, 0.25) is 0 Å². The number of halogens is 1. The van der Waals surface area contributed by atoms with E-state index in [1.165, 1.54) is 25.7 Å². The van der Waals surface area contributed by atoms with Crippen LogP contribution in [0.4, 0.5) is 0 Å². The van der Waals surface area contributed by atoms with Crippen LogP contribution in [-0.4, -0.2) is 17.8 Å². The summed E-state index contributed by atoms with van der Waals surface area (Å²) >= 11 is 5.80. The Labute approximate surface area is 110 Å². The highest BCUT2D eigenvalue weighted by atomic mass is 35.5. The molecule has 3 heteroatoms. The summed E-state index contributed by atoms with van der Waals surface area (Å²) < 4.78 is 0. The van der Waals surface area contributed by atoms with Gasteiger partial charge in [-0.1, -0.05) is 33.6 Å². The van der Waals surface area contributed by atoms with E-state index in [1.807, 2.05) is 0 Å². The van der Waals surface area contributed by atoms with Crippen molar-refractivity contribution in [2.24, 2.45) is 11.3 Å². The highest BCUT2D eigenvalue weighted by Gasteiger charge is 2.27. The summed E-state index contributed by atoms with van der Waals surface area (Å²) in [7, 11) is 0. The molecule has 0 aromatic heterocycles. The maximum absolute atomic E-state index is 12.0. The third kappa shape index (κ3) is 5.29. The van der Waals surface area contributed by atoms with E-state index < -0.39 is 0 Å². The van der Waals surface area contributed by atoms with E-state index in [-0.39, 0.29) is 17.4 Å². The number of amides is 1. The largest absolute Gasteiger partial charge is 0.353 e. The van der Waals surface area contributed by atoms with E-state index in [0.29, 0.717) is 18.2 Å². The lowest BCUT2D eigenvalue weighted by Crippen LogP contribution is -2.44. The summed E-state index contributed by atoms with van der Waals surface area (Å²) in [5.74, 6) is 1.43. The minimum absolute atomic E-state index is 0.0836. The standard InChI is InChI=1S/C14H26ClNO/c1-14(2,3)12(8-9-15)16-13(17)10-11-6-4-5-7-11/h11-12H,4-10H2,1-3H3,(H,16,17). The van der Waals surface area contributed by atoms with Crippen LogP contribution in [0.1, 0.15) is 59.3 Å². The van der Waals surface area contributed by atoms with E-state index in [2.05, 4.69) is 26.1 Å². The molecule has 1 atom stereocenters. The Kier molecular flexibility index (Phi) is 5.78. The van der Waals surface area contributed by atoms with E-state index >= 15 is 0 Å². The van der Waals surface area contributed by atoms with Crippen molar-refractivity contribution in [1.29, 1.82) is 0 Å². The number of alkyl halides is 1. The monoisotopic (exact) mass is 259 g/mol. The molecule has 1 fully saturated rings. The minimum atomic E-state index is 0.0836. The molecule has 1 aliphatic rings. The summed E-state index contributed by atoms with van der Waals surface area (Å²) in [6.07, 6.45) is 6.59. The first-order valence-electron chi connectivity index (χ1n) is 6.79. The zero-order chi connectivity index (χ0) is 12.9. The molecule has 1 saturated carbocycles. The predicted molar refractivity (Wildman–Crippen MR) is 73.3 cm³/mol. The van der Waals surface area contributed by atoms with Crippen LogP contribution in [-0.2, 0) is 4.79 Å². The van der Waals surface area contributed by atoms with Gasteiger partial charge in [0.15, 0.2) is 0 Å². The highest BCUT2D eigenvalue weighted by Crippen LogP contribution is 2.28. The first-order valence-corrected chi connectivity index (χ1v) is 7.32. The van der Waals surface area contributed by atoms with Gasteiger partial charge in [-0.3, -0.25) is 4.79 Å². The normalized spacial score (nSPS) is 19.3. The highest BCUT2D eigenvalue weighted by molar-refractivity contribution is 6.17. The first kappa shape index (κ1) is 14.8. The third-order valence-electron chi connectivity index (χ3n) is 3.73. The van der Waals surface area contributed by atoms with E-state index in [4.69, 9.17) is 11.6 Å². The van der Waals surface area contributed by atoms with Crippen LogP contribution in [0, 0.1) is 11.3 Å². The van der Waals surface area contributed by atoms with Crippen LogP contribution in [0.5, 0.6) is 0 Å². The van der Waals surface area contributed by atoms with Crippen molar-refractivity contribution in [1.82, 2.24) is 5.32 Å². The first-order chi connectivity index (χ1) is 7.93. The van der Waals surface area contributed by atoms with Crippen molar-refractivity contribution in [2.45, 2.75) is 65.3 Å². The van der Waals surface area contributed by atoms with Crippen LogP contribution < -0.4 is 5.32 Å². The SMILES string of the molecule is CC(C)(C)C(CCCl)NC(=O)CC1CCCC1. The quantitative estimate of drug-likeness (QED) is 0.749. The summed E-state index contributed by atoms with van der Waals surface area (Å²) in [6.45, 7) is 6.46. The fourth-order valence-corrected chi connectivity index (χ4v) is 2.78. The summed E-state index contributed by atoms with van der Waals surface area (Å²) in [6, 6.07) is 0.189. The van der Waals surface area contributed by atoms with Crippen molar-refractivity contribution in [3.8, 4) is 0 Å². The Morgan fingerprint density at radius 2 is 1.94 bits per heavy atom. The molecule has 100 valence electrons. The van der Waals surface area contributed by atoms with Gasteiger partial charge in [-0.2, -0.15) is 0 Å². The Bertz CT molecular complexity index is 241. The lowest BCUT2D eigenvalue weighted by Gasteiger charge is -2.31. The number of nitrogens with one attached hydrogen (secondary N) is 1. The predicted octanol–water partition coefficient (Wildman–Crippen LogP) is 3.73. The van der Waals surface area contributed by atoms with Gasteiger partial charge >= 0.3 is 0 Å². The molecule has 0 aliphatic heterocycles. The van der Waals surface area contributed by atoms with E-state index in [9.17, 15) is 4.79 Å². The summed E-state index contributed by atoms with van der Waals surface area (Å²) in [4.78, 5) is 12.0. The van der Waals surface area contributed by atoms with Crippen LogP contribution in [0.3, 0.4) is 0 Å². The molecule has 1 aliphatic carbocycles. The van der Waals surface area contributed by atoms with Gasteiger partial charge < -0.3 is 5.32 Å². The molecule has 0 radical (unpaired) electrons. The number of hydrogen-bond donors (Lipinski definition) is 1. The molecule has 0 aromatic carbocycles. The molecular weight excluding hydrogens is 234 g/mol. The molecule has 0 spiro atoms. The number of hydrogen-bond acceptors (Lipinski definition) is 1. The molecule has 0 saturated heterocycles. The van der Waals surface area contributed by atoms with Crippen molar-refractivity contribution >= 4 is 17.5 Å². The molecule has 2 nitrogen and oxygen atoms in total. The average Bonchev–Trinajstić information content (AvgIpc) is 2.68. The minimum Gasteiger partial charge on any atom is -0.353 e. The smallest absolute Gasteiger partial charge is 0.220 e. The topological polar surface area (TPSA) is 29.1 Å². The van der Waals surface area contributed by atoms with Gasteiger partial charge in [-0.25, -0.2) is 0 Å². The number of rotatable bonds is 5. The second-order valence-electron chi connectivity index (χ2n) is 6.32. The Hall–Kier alpha value is -0.240. The van der Waals surface area contributed by atoms with Gasteiger partial charge in [0.1, 0.15) is 0 Å². The van der Waals surface area contributed by atoms with Crippen LogP contribution in [0.25, 0.3) is 0 Å². The van der Waals surface area contributed by atoms with E-state index in [1.54, 1.807) is 0 Å². The average molecular weight is 260 g/mol. The summed E-state index contributed by atoms with van der Waals surface area (Å²) in [5, 5.41) is 3.16. The molecule has 0 heterocycles. The molecule has 1 unspecified atom stereocenters. The lowest BCUT2D eigenvalue weighted by atomic mass is 9.85. The zero-order valence-corrected chi connectivity index (χ0v) is 12.1.